The summed E-state index contributed by atoms with van der Waals surface area (Å²) < 4.78 is 26.9. The maximum Gasteiger partial charge on any atom is 0.177 e. The van der Waals surface area contributed by atoms with Crippen molar-refractivity contribution >= 4 is 27.6 Å². The van der Waals surface area contributed by atoms with Crippen LogP contribution in [-0.4, -0.2) is 27.6 Å². The first-order chi connectivity index (χ1) is 8.41. The zero-order valence-corrected chi connectivity index (χ0v) is 11.1. The van der Waals surface area contributed by atoms with Gasteiger partial charge in [-0.15, -0.1) is 0 Å². The number of nitrogens with zero attached hydrogens (tertiary/aromatic N) is 2. The van der Waals surface area contributed by atoms with Crippen molar-refractivity contribution in [3.8, 4) is 5.75 Å². The predicted molar refractivity (Wildman–Crippen MR) is 70.6 cm³/mol. The van der Waals surface area contributed by atoms with Gasteiger partial charge in [-0.1, -0.05) is 6.07 Å². The van der Waals surface area contributed by atoms with Gasteiger partial charge in [0, 0.05) is 24.4 Å². The molecule has 1 aromatic heterocycles. The van der Waals surface area contributed by atoms with Crippen molar-refractivity contribution in [3.05, 3.63) is 29.7 Å². The topological polar surface area (TPSA) is 53.4 Å². The van der Waals surface area contributed by atoms with Gasteiger partial charge in [0.2, 0.25) is 0 Å². The molecule has 0 saturated carbocycles. The molecular weight excluding hydrogens is 255 g/mol. The first-order valence-corrected chi connectivity index (χ1v) is 6.79. The average molecular weight is 268 g/mol. The molecule has 1 aromatic carbocycles. The molecule has 0 bridgehead atoms. The fourth-order valence-corrected chi connectivity index (χ4v) is 2.16. The highest BCUT2D eigenvalue weighted by atomic mass is 32.2. The second kappa shape index (κ2) is 4.53. The van der Waals surface area contributed by atoms with Crippen LogP contribution in [0.3, 0.4) is 0 Å². The minimum atomic E-state index is -1.42. The Morgan fingerprint density at radius 3 is 2.72 bits per heavy atom. The van der Waals surface area contributed by atoms with Crippen LogP contribution in [0.25, 0.3) is 10.9 Å². The van der Waals surface area contributed by atoms with Gasteiger partial charge in [0.1, 0.15) is 27.9 Å². The molecule has 1 N–H and O–H groups in total. The third-order valence-electron chi connectivity index (χ3n) is 2.72. The zero-order valence-electron chi connectivity index (χ0n) is 10.3. The standard InChI is InChI=1S/C12H13FN2O2S/c1-7-4-5-8-6-9(16)12(15(2)18(3)17)10(13)11(8)14-7/h4-6,16H,1-3H3. The molecule has 1 atom stereocenters. The van der Waals surface area contributed by atoms with Crippen molar-refractivity contribution in [1.29, 1.82) is 0 Å². The van der Waals surface area contributed by atoms with Gasteiger partial charge in [-0.3, -0.25) is 4.31 Å². The lowest BCUT2D eigenvalue weighted by atomic mass is 10.1. The highest BCUT2D eigenvalue weighted by molar-refractivity contribution is 7.85. The lowest BCUT2D eigenvalue weighted by Crippen LogP contribution is -2.20. The number of aromatic nitrogens is 1. The minimum Gasteiger partial charge on any atom is -0.506 e. The van der Waals surface area contributed by atoms with Crippen molar-refractivity contribution in [2.45, 2.75) is 6.92 Å². The van der Waals surface area contributed by atoms with E-state index in [9.17, 15) is 13.7 Å². The number of pyridine rings is 1. The lowest BCUT2D eigenvalue weighted by Gasteiger charge is -2.18. The minimum absolute atomic E-state index is 0.0959. The molecule has 0 aliphatic heterocycles. The second-order valence-electron chi connectivity index (χ2n) is 4.00. The number of hydrogen-bond acceptors (Lipinski definition) is 3. The Morgan fingerprint density at radius 1 is 1.44 bits per heavy atom. The Hall–Kier alpha value is -1.69. The number of aryl methyl sites for hydroxylation is 1. The van der Waals surface area contributed by atoms with E-state index in [4.69, 9.17) is 0 Å². The van der Waals surface area contributed by atoms with Crippen molar-refractivity contribution in [2.75, 3.05) is 17.6 Å². The Labute approximate surface area is 107 Å². The molecule has 2 rings (SSSR count). The summed E-state index contributed by atoms with van der Waals surface area (Å²) in [5, 5.41) is 10.3. The van der Waals surface area contributed by atoms with Crippen LogP contribution in [0.2, 0.25) is 0 Å². The molecule has 0 aliphatic carbocycles. The summed E-state index contributed by atoms with van der Waals surface area (Å²) in [5.74, 6) is -0.908. The summed E-state index contributed by atoms with van der Waals surface area (Å²) in [7, 11) is 0.0297. The monoisotopic (exact) mass is 268 g/mol. The van der Waals surface area contributed by atoms with Crippen LogP contribution < -0.4 is 4.31 Å². The summed E-state index contributed by atoms with van der Waals surface area (Å²) in [5.41, 5.74) is 0.750. The summed E-state index contributed by atoms with van der Waals surface area (Å²) in [6.07, 6.45) is 1.41. The van der Waals surface area contributed by atoms with Crippen molar-refractivity contribution in [2.24, 2.45) is 0 Å². The molecule has 0 spiro atoms. The van der Waals surface area contributed by atoms with Gasteiger partial charge in [0.15, 0.2) is 5.82 Å². The molecule has 1 heterocycles. The van der Waals surface area contributed by atoms with E-state index in [1.54, 1.807) is 19.1 Å². The van der Waals surface area contributed by atoms with Crippen LogP contribution in [-0.2, 0) is 11.0 Å². The van der Waals surface area contributed by atoms with E-state index in [1.807, 2.05) is 0 Å². The highest BCUT2D eigenvalue weighted by Crippen LogP contribution is 2.35. The van der Waals surface area contributed by atoms with E-state index < -0.39 is 16.8 Å². The third-order valence-corrected chi connectivity index (χ3v) is 3.67. The number of phenols is 1. The molecule has 6 heteroatoms. The number of phenolic OH excluding ortho intramolecular Hbond substituents is 1. The predicted octanol–water partition coefficient (Wildman–Crippen LogP) is 2.12. The molecule has 0 radical (unpaired) electrons. The molecule has 18 heavy (non-hydrogen) atoms. The second-order valence-corrected chi connectivity index (χ2v) is 5.40. The number of halogens is 1. The summed E-state index contributed by atoms with van der Waals surface area (Å²) in [6, 6.07) is 4.85. The average Bonchev–Trinajstić information content (AvgIpc) is 2.30. The van der Waals surface area contributed by atoms with Crippen LogP contribution in [0.1, 0.15) is 5.69 Å². The van der Waals surface area contributed by atoms with E-state index in [2.05, 4.69) is 4.98 Å². The normalized spacial score (nSPS) is 12.7. The van der Waals surface area contributed by atoms with E-state index in [0.29, 0.717) is 11.1 Å². The van der Waals surface area contributed by atoms with E-state index in [-0.39, 0.29) is 17.0 Å². The van der Waals surface area contributed by atoms with E-state index >= 15 is 0 Å². The summed E-state index contributed by atoms with van der Waals surface area (Å²) in [4.78, 5) is 4.11. The number of hydrogen-bond donors (Lipinski definition) is 1. The smallest absolute Gasteiger partial charge is 0.177 e. The van der Waals surface area contributed by atoms with Crippen molar-refractivity contribution < 1.29 is 13.7 Å². The van der Waals surface area contributed by atoms with Crippen molar-refractivity contribution in [1.82, 2.24) is 4.98 Å². The third kappa shape index (κ3) is 2.03. The maximum absolute atomic E-state index is 14.3. The first-order valence-electron chi connectivity index (χ1n) is 5.28. The number of anilines is 1. The number of aromatic hydroxyl groups is 1. The summed E-state index contributed by atoms with van der Waals surface area (Å²) in [6.45, 7) is 1.76. The van der Waals surface area contributed by atoms with Gasteiger partial charge in [0.05, 0.1) is 0 Å². The summed E-state index contributed by atoms with van der Waals surface area (Å²) >= 11 is 0. The number of rotatable bonds is 2. The Kier molecular flexibility index (Phi) is 3.21. The molecule has 2 aromatic rings. The van der Waals surface area contributed by atoms with Gasteiger partial charge >= 0.3 is 0 Å². The largest absolute Gasteiger partial charge is 0.506 e. The number of fused-ring (bicyclic) bond motifs is 1. The van der Waals surface area contributed by atoms with Gasteiger partial charge < -0.3 is 5.11 Å². The van der Waals surface area contributed by atoms with Gasteiger partial charge in [-0.25, -0.2) is 13.6 Å². The molecule has 0 fully saturated rings. The quantitative estimate of drug-likeness (QED) is 0.907. The van der Waals surface area contributed by atoms with E-state index in [1.165, 1.54) is 23.7 Å². The van der Waals surface area contributed by atoms with Gasteiger partial charge in [-0.2, -0.15) is 0 Å². The van der Waals surface area contributed by atoms with Crippen LogP contribution in [0.5, 0.6) is 5.75 Å². The highest BCUT2D eigenvalue weighted by Gasteiger charge is 2.19. The van der Waals surface area contributed by atoms with Crippen LogP contribution in [0.4, 0.5) is 10.1 Å². The SMILES string of the molecule is Cc1ccc2cc(O)c(N(C)S(C)=O)c(F)c2n1. The van der Waals surface area contributed by atoms with Crippen LogP contribution in [0.15, 0.2) is 18.2 Å². The molecule has 4 nitrogen and oxygen atoms in total. The fraction of sp³-hybridized carbons (Fsp3) is 0.250. The molecular formula is C12H13FN2O2S. The molecule has 0 saturated heterocycles. The fourth-order valence-electron chi connectivity index (χ4n) is 1.73. The first kappa shape index (κ1) is 12.8. The Balaban J connectivity index is 2.78. The molecule has 0 amide bonds. The van der Waals surface area contributed by atoms with Crippen LogP contribution >= 0.6 is 0 Å². The van der Waals surface area contributed by atoms with Gasteiger partial charge in [0.25, 0.3) is 0 Å². The van der Waals surface area contributed by atoms with Crippen LogP contribution in [0, 0.1) is 12.7 Å². The molecule has 0 aliphatic rings. The van der Waals surface area contributed by atoms with Gasteiger partial charge in [-0.05, 0) is 19.1 Å². The van der Waals surface area contributed by atoms with Crippen molar-refractivity contribution in [3.63, 3.8) is 0 Å². The number of benzene rings is 1. The Morgan fingerprint density at radius 2 is 2.11 bits per heavy atom. The lowest BCUT2D eigenvalue weighted by molar-refractivity contribution is 0.472. The Bertz CT molecular complexity index is 646. The molecule has 1 unspecified atom stereocenters. The van der Waals surface area contributed by atoms with E-state index in [0.717, 1.165) is 0 Å². The molecule has 96 valence electrons. The maximum atomic E-state index is 14.3. The zero-order chi connectivity index (χ0) is 13.4.